The van der Waals surface area contributed by atoms with E-state index in [1.165, 1.54) is 5.39 Å². The van der Waals surface area contributed by atoms with E-state index in [2.05, 4.69) is 29.4 Å². The summed E-state index contributed by atoms with van der Waals surface area (Å²) in [5.74, 6) is 0. The minimum absolute atomic E-state index is 0.492. The van der Waals surface area contributed by atoms with Gasteiger partial charge in [-0.25, -0.2) is 0 Å². The maximum Gasteiger partial charge on any atom is 0.0831 e. The molecule has 0 saturated heterocycles. The number of hydrogen-bond acceptors (Lipinski definition) is 2. The first-order chi connectivity index (χ1) is 9.22. The number of aliphatic hydroxyl groups excluding tert-OH is 1. The Labute approximate surface area is 112 Å². The van der Waals surface area contributed by atoms with Crippen molar-refractivity contribution in [3.8, 4) is 0 Å². The van der Waals surface area contributed by atoms with Gasteiger partial charge in [-0.2, -0.15) is 5.10 Å². The number of rotatable bonds is 3. The third-order valence-electron chi connectivity index (χ3n) is 3.35. The molecule has 1 N–H and O–H groups in total. The minimum atomic E-state index is -0.492. The molecule has 0 aliphatic rings. The number of fused-ring (bicyclic) bond motifs is 1. The molecule has 1 heterocycles. The van der Waals surface area contributed by atoms with Crippen molar-refractivity contribution in [3.63, 3.8) is 0 Å². The van der Waals surface area contributed by atoms with Crippen molar-refractivity contribution < 1.29 is 5.11 Å². The van der Waals surface area contributed by atoms with Crippen molar-refractivity contribution in [1.82, 2.24) is 9.78 Å². The van der Waals surface area contributed by atoms with Crippen LogP contribution in [0.5, 0.6) is 0 Å². The van der Waals surface area contributed by atoms with Gasteiger partial charge in [0.05, 0.1) is 12.3 Å². The Hall–Kier alpha value is -2.13. The fraction of sp³-hybridized carbons (Fsp3) is 0.188. The van der Waals surface area contributed by atoms with E-state index in [1.807, 2.05) is 31.4 Å². The first kappa shape index (κ1) is 11.9. The highest BCUT2D eigenvalue weighted by atomic mass is 16.3. The molecular formula is C16H16N2O. The van der Waals surface area contributed by atoms with Gasteiger partial charge >= 0.3 is 0 Å². The zero-order valence-electron chi connectivity index (χ0n) is 10.8. The van der Waals surface area contributed by atoms with Crippen LogP contribution in [0.1, 0.15) is 17.2 Å². The van der Waals surface area contributed by atoms with E-state index >= 15 is 0 Å². The van der Waals surface area contributed by atoms with E-state index in [-0.39, 0.29) is 0 Å². The molecule has 3 rings (SSSR count). The molecule has 3 aromatic rings. The molecule has 0 aliphatic heterocycles. The van der Waals surface area contributed by atoms with Gasteiger partial charge in [-0.1, -0.05) is 36.4 Å². The second-order valence-corrected chi connectivity index (χ2v) is 4.85. The Kier molecular flexibility index (Phi) is 3.05. The average Bonchev–Trinajstić information content (AvgIpc) is 2.83. The van der Waals surface area contributed by atoms with Crippen molar-refractivity contribution in [2.75, 3.05) is 0 Å². The maximum absolute atomic E-state index is 10.3. The quantitative estimate of drug-likeness (QED) is 0.778. The summed E-state index contributed by atoms with van der Waals surface area (Å²) < 4.78 is 1.75. The third-order valence-corrected chi connectivity index (χ3v) is 3.35. The molecule has 0 saturated carbocycles. The van der Waals surface area contributed by atoms with Crippen LogP contribution in [-0.4, -0.2) is 14.9 Å². The summed E-state index contributed by atoms with van der Waals surface area (Å²) in [5.41, 5.74) is 1.99. The SMILES string of the molecule is Cn1cc(CC(O)c2ccc3ccccc3c2)cn1. The van der Waals surface area contributed by atoms with Gasteiger partial charge in [-0.15, -0.1) is 0 Å². The van der Waals surface area contributed by atoms with Gasteiger partial charge in [0.1, 0.15) is 0 Å². The van der Waals surface area contributed by atoms with Crippen LogP contribution in [-0.2, 0) is 13.5 Å². The zero-order chi connectivity index (χ0) is 13.2. The Bertz CT molecular complexity index is 703. The molecular weight excluding hydrogens is 236 g/mol. The van der Waals surface area contributed by atoms with E-state index in [0.29, 0.717) is 6.42 Å². The molecule has 0 bridgehead atoms. The summed E-state index contributed by atoms with van der Waals surface area (Å²) in [4.78, 5) is 0. The van der Waals surface area contributed by atoms with Gasteiger partial charge < -0.3 is 5.11 Å². The van der Waals surface area contributed by atoms with Crippen LogP contribution in [0.3, 0.4) is 0 Å². The van der Waals surface area contributed by atoms with E-state index in [4.69, 9.17) is 0 Å². The topological polar surface area (TPSA) is 38.0 Å². The summed E-state index contributed by atoms with van der Waals surface area (Å²) in [6.07, 6.45) is 3.83. The van der Waals surface area contributed by atoms with Crippen molar-refractivity contribution in [2.45, 2.75) is 12.5 Å². The molecule has 0 radical (unpaired) electrons. The average molecular weight is 252 g/mol. The lowest BCUT2D eigenvalue weighted by atomic mass is 10.00. The molecule has 0 spiro atoms. The first-order valence-corrected chi connectivity index (χ1v) is 6.37. The van der Waals surface area contributed by atoms with Crippen LogP contribution in [0.2, 0.25) is 0 Å². The Morgan fingerprint density at radius 1 is 1.16 bits per heavy atom. The summed E-state index contributed by atoms with van der Waals surface area (Å²) in [5, 5.41) is 16.8. The fourth-order valence-electron chi connectivity index (χ4n) is 2.33. The van der Waals surface area contributed by atoms with Crippen molar-refractivity contribution >= 4 is 10.8 Å². The maximum atomic E-state index is 10.3. The lowest BCUT2D eigenvalue weighted by Crippen LogP contribution is -2.01. The molecule has 3 nitrogen and oxygen atoms in total. The van der Waals surface area contributed by atoms with Gasteiger partial charge in [0, 0.05) is 19.7 Å². The molecule has 0 amide bonds. The second kappa shape index (κ2) is 4.86. The van der Waals surface area contributed by atoms with Crippen LogP contribution < -0.4 is 0 Å². The van der Waals surface area contributed by atoms with Crippen LogP contribution in [0.25, 0.3) is 10.8 Å². The van der Waals surface area contributed by atoms with Crippen molar-refractivity contribution in [2.24, 2.45) is 7.05 Å². The molecule has 0 aliphatic carbocycles. The Morgan fingerprint density at radius 3 is 2.68 bits per heavy atom. The second-order valence-electron chi connectivity index (χ2n) is 4.85. The van der Waals surface area contributed by atoms with E-state index in [0.717, 1.165) is 16.5 Å². The number of hydrogen-bond donors (Lipinski definition) is 1. The predicted octanol–water partition coefficient (Wildman–Crippen LogP) is 2.85. The number of benzene rings is 2. The van der Waals surface area contributed by atoms with Crippen LogP contribution in [0.4, 0.5) is 0 Å². The van der Waals surface area contributed by atoms with Crippen molar-refractivity contribution in [1.29, 1.82) is 0 Å². The number of nitrogens with zero attached hydrogens (tertiary/aromatic N) is 2. The van der Waals surface area contributed by atoms with Crippen LogP contribution in [0.15, 0.2) is 54.9 Å². The Balaban J connectivity index is 1.86. The normalized spacial score (nSPS) is 12.7. The van der Waals surface area contributed by atoms with E-state index < -0.39 is 6.10 Å². The molecule has 96 valence electrons. The highest BCUT2D eigenvalue weighted by molar-refractivity contribution is 5.83. The monoisotopic (exact) mass is 252 g/mol. The minimum Gasteiger partial charge on any atom is -0.388 e. The van der Waals surface area contributed by atoms with E-state index in [9.17, 15) is 5.11 Å². The standard InChI is InChI=1S/C16H16N2O/c1-18-11-12(10-17-18)8-16(19)15-7-6-13-4-2-3-5-14(13)9-15/h2-7,9-11,16,19H,8H2,1H3. The lowest BCUT2D eigenvalue weighted by Gasteiger charge is -2.10. The molecule has 1 aromatic heterocycles. The molecule has 19 heavy (non-hydrogen) atoms. The van der Waals surface area contributed by atoms with Crippen LogP contribution >= 0.6 is 0 Å². The highest BCUT2D eigenvalue weighted by Gasteiger charge is 2.10. The molecule has 2 aromatic carbocycles. The number of aromatic nitrogens is 2. The number of aryl methyl sites for hydroxylation is 1. The summed E-state index contributed by atoms with van der Waals surface area (Å²) in [7, 11) is 1.88. The van der Waals surface area contributed by atoms with Gasteiger partial charge in [0.15, 0.2) is 0 Å². The first-order valence-electron chi connectivity index (χ1n) is 6.37. The summed E-state index contributed by atoms with van der Waals surface area (Å²) >= 11 is 0. The van der Waals surface area contributed by atoms with Gasteiger partial charge in [-0.3, -0.25) is 4.68 Å². The van der Waals surface area contributed by atoms with Gasteiger partial charge in [0.2, 0.25) is 0 Å². The molecule has 0 fully saturated rings. The molecule has 1 unspecified atom stereocenters. The summed E-state index contributed by atoms with van der Waals surface area (Å²) in [6.45, 7) is 0. The predicted molar refractivity (Wildman–Crippen MR) is 75.8 cm³/mol. The summed E-state index contributed by atoms with van der Waals surface area (Å²) in [6, 6.07) is 14.3. The smallest absolute Gasteiger partial charge is 0.0831 e. The van der Waals surface area contributed by atoms with Gasteiger partial charge in [0.25, 0.3) is 0 Å². The van der Waals surface area contributed by atoms with Gasteiger partial charge in [-0.05, 0) is 28.0 Å². The largest absolute Gasteiger partial charge is 0.388 e. The number of aliphatic hydroxyl groups is 1. The van der Waals surface area contributed by atoms with E-state index in [1.54, 1.807) is 10.9 Å². The lowest BCUT2D eigenvalue weighted by molar-refractivity contribution is 0.178. The third kappa shape index (κ3) is 2.51. The molecule has 1 atom stereocenters. The zero-order valence-corrected chi connectivity index (χ0v) is 10.8. The van der Waals surface area contributed by atoms with Crippen molar-refractivity contribution in [3.05, 3.63) is 66.0 Å². The van der Waals surface area contributed by atoms with Crippen LogP contribution in [0, 0.1) is 0 Å². The fourth-order valence-corrected chi connectivity index (χ4v) is 2.33. The Morgan fingerprint density at radius 2 is 1.95 bits per heavy atom. The highest BCUT2D eigenvalue weighted by Crippen LogP contribution is 2.22. The molecule has 3 heteroatoms.